The van der Waals surface area contributed by atoms with Crippen LogP contribution in [0.3, 0.4) is 0 Å². The first-order chi connectivity index (χ1) is 14.4. The summed E-state index contributed by atoms with van der Waals surface area (Å²) < 4.78 is 5.86. The van der Waals surface area contributed by atoms with Crippen LogP contribution >= 0.6 is 0 Å². The number of hydrogen-bond donors (Lipinski definition) is 2. The van der Waals surface area contributed by atoms with Gasteiger partial charge in [0.2, 0.25) is 5.96 Å². The topological polar surface area (TPSA) is 82.3 Å². The molecule has 0 aliphatic heterocycles. The molecule has 0 bridgehead atoms. The average Bonchev–Trinajstić information content (AvgIpc) is 2.76. The van der Waals surface area contributed by atoms with Gasteiger partial charge in [0.05, 0.1) is 0 Å². The van der Waals surface area contributed by atoms with Crippen LogP contribution in [0, 0.1) is 17.4 Å². The Bertz CT molecular complexity index is 593. The van der Waals surface area contributed by atoms with Gasteiger partial charge < -0.3 is 10.1 Å². The molecule has 1 aromatic rings. The number of pyridine rings is 1. The Kier molecular flexibility index (Phi) is 12.6. The number of hydrogen-bond acceptors (Lipinski definition) is 4. The molecule has 29 heavy (non-hydrogen) atoms. The second-order valence-corrected chi connectivity index (χ2v) is 7.88. The molecule has 0 unspecified atom stereocenters. The smallest absolute Gasteiger partial charge is 0.209 e. The van der Waals surface area contributed by atoms with Crippen LogP contribution in [0.25, 0.3) is 0 Å². The maximum atomic E-state index is 8.85. The van der Waals surface area contributed by atoms with Crippen molar-refractivity contribution in [3.63, 3.8) is 0 Å². The SMILES string of the molecule is N#CNC(=NCCCCCCCCCOCC1CCCCC1)Nc1ccncc1. The van der Waals surface area contributed by atoms with E-state index in [9.17, 15) is 0 Å². The summed E-state index contributed by atoms with van der Waals surface area (Å²) in [5.41, 5.74) is 0.865. The van der Waals surface area contributed by atoms with Gasteiger partial charge in [-0.05, 0) is 43.7 Å². The Morgan fingerprint density at radius 3 is 2.45 bits per heavy atom. The number of unbranched alkanes of at least 4 members (excludes halogenated alkanes) is 6. The average molecular weight is 400 g/mol. The van der Waals surface area contributed by atoms with Crippen molar-refractivity contribution < 1.29 is 4.74 Å². The standard InChI is InChI=1S/C23H37N5O/c24-20-27-23(28-22-13-16-25-17-14-22)26-15-9-4-2-1-3-5-10-18-29-19-21-11-7-6-8-12-21/h13-14,16-17,21H,1-12,15,18-19H2,(H2,25,26,27,28). The van der Waals surface area contributed by atoms with Gasteiger partial charge in [-0.1, -0.05) is 51.4 Å². The van der Waals surface area contributed by atoms with Crippen LogP contribution in [0.15, 0.2) is 29.5 Å². The molecule has 0 amide bonds. The molecule has 6 heteroatoms. The van der Waals surface area contributed by atoms with Crippen molar-refractivity contribution in [2.24, 2.45) is 10.9 Å². The first-order valence-electron chi connectivity index (χ1n) is 11.3. The van der Waals surface area contributed by atoms with Crippen LogP contribution in [0.5, 0.6) is 0 Å². The van der Waals surface area contributed by atoms with Crippen molar-refractivity contribution >= 4 is 11.6 Å². The van der Waals surface area contributed by atoms with Crippen LogP contribution in [-0.2, 0) is 4.74 Å². The molecule has 0 saturated heterocycles. The summed E-state index contributed by atoms with van der Waals surface area (Å²) in [6.07, 6.45) is 20.8. The van der Waals surface area contributed by atoms with E-state index in [1.807, 2.05) is 18.3 Å². The van der Waals surface area contributed by atoms with Crippen LogP contribution in [0.4, 0.5) is 5.69 Å². The molecule has 6 nitrogen and oxygen atoms in total. The lowest BCUT2D eigenvalue weighted by molar-refractivity contribution is 0.0824. The molecule has 1 aromatic heterocycles. The van der Waals surface area contributed by atoms with Crippen molar-refractivity contribution in [1.29, 1.82) is 5.26 Å². The molecule has 0 spiro atoms. The molecule has 1 fully saturated rings. The van der Waals surface area contributed by atoms with Crippen molar-refractivity contribution in [3.8, 4) is 6.19 Å². The van der Waals surface area contributed by atoms with Crippen LogP contribution in [-0.4, -0.2) is 30.7 Å². The molecule has 0 radical (unpaired) electrons. The summed E-state index contributed by atoms with van der Waals surface area (Å²) in [5.74, 6) is 1.32. The number of aliphatic imine (C=N–C) groups is 1. The number of aromatic nitrogens is 1. The van der Waals surface area contributed by atoms with E-state index >= 15 is 0 Å². The second-order valence-electron chi connectivity index (χ2n) is 7.88. The fourth-order valence-corrected chi connectivity index (χ4v) is 3.73. The van der Waals surface area contributed by atoms with Gasteiger partial charge in [0.25, 0.3) is 0 Å². The molecular formula is C23H37N5O. The first-order valence-corrected chi connectivity index (χ1v) is 11.3. The number of ether oxygens (including phenoxy) is 1. The third-order valence-corrected chi connectivity index (χ3v) is 5.41. The lowest BCUT2D eigenvalue weighted by Crippen LogP contribution is -2.27. The highest BCUT2D eigenvalue weighted by atomic mass is 16.5. The lowest BCUT2D eigenvalue weighted by atomic mass is 9.90. The van der Waals surface area contributed by atoms with E-state index in [1.165, 1.54) is 70.6 Å². The summed E-state index contributed by atoms with van der Waals surface area (Å²) >= 11 is 0. The largest absolute Gasteiger partial charge is 0.381 e. The van der Waals surface area contributed by atoms with Gasteiger partial charge in [-0.25, -0.2) is 0 Å². The molecule has 2 N–H and O–H groups in total. The van der Waals surface area contributed by atoms with E-state index in [4.69, 9.17) is 10.00 Å². The Labute approximate surface area is 176 Å². The van der Waals surface area contributed by atoms with Crippen LogP contribution in [0.1, 0.15) is 77.0 Å². The van der Waals surface area contributed by atoms with E-state index in [0.29, 0.717) is 5.96 Å². The predicted octanol–water partition coefficient (Wildman–Crippen LogP) is 5.25. The quantitative estimate of drug-likeness (QED) is 0.156. The Morgan fingerprint density at radius 2 is 1.72 bits per heavy atom. The van der Waals surface area contributed by atoms with Gasteiger partial charge in [0.15, 0.2) is 6.19 Å². The Hall–Kier alpha value is -2.13. The maximum absolute atomic E-state index is 8.85. The number of rotatable bonds is 13. The summed E-state index contributed by atoms with van der Waals surface area (Å²) in [6, 6.07) is 3.69. The third-order valence-electron chi connectivity index (χ3n) is 5.41. The van der Waals surface area contributed by atoms with Crippen molar-refractivity contribution in [2.75, 3.05) is 25.1 Å². The van der Waals surface area contributed by atoms with E-state index in [-0.39, 0.29) is 0 Å². The highest BCUT2D eigenvalue weighted by Crippen LogP contribution is 2.23. The lowest BCUT2D eigenvalue weighted by Gasteiger charge is -2.21. The molecular weight excluding hydrogens is 362 g/mol. The Morgan fingerprint density at radius 1 is 1.03 bits per heavy atom. The molecule has 1 heterocycles. The van der Waals surface area contributed by atoms with Gasteiger partial charge in [-0.2, -0.15) is 5.26 Å². The number of anilines is 1. The molecule has 1 saturated carbocycles. The molecule has 2 rings (SSSR count). The van der Waals surface area contributed by atoms with Gasteiger partial charge in [-0.15, -0.1) is 0 Å². The van der Waals surface area contributed by atoms with Crippen molar-refractivity contribution in [2.45, 2.75) is 77.0 Å². The fourth-order valence-electron chi connectivity index (χ4n) is 3.73. The highest BCUT2D eigenvalue weighted by Gasteiger charge is 2.12. The minimum atomic E-state index is 0.493. The minimum Gasteiger partial charge on any atom is -0.381 e. The molecule has 1 aliphatic carbocycles. The van der Waals surface area contributed by atoms with E-state index in [2.05, 4.69) is 20.6 Å². The first kappa shape index (κ1) is 23.2. The van der Waals surface area contributed by atoms with E-state index in [0.717, 1.165) is 37.8 Å². The highest BCUT2D eigenvalue weighted by molar-refractivity contribution is 5.94. The van der Waals surface area contributed by atoms with Crippen molar-refractivity contribution in [1.82, 2.24) is 10.3 Å². The van der Waals surface area contributed by atoms with Gasteiger partial charge in [-0.3, -0.25) is 15.3 Å². The molecule has 160 valence electrons. The van der Waals surface area contributed by atoms with Gasteiger partial charge in [0, 0.05) is 37.8 Å². The molecule has 0 aromatic carbocycles. The monoisotopic (exact) mass is 399 g/mol. The molecule has 0 atom stereocenters. The van der Waals surface area contributed by atoms with Crippen LogP contribution in [0.2, 0.25) is 0 Å². The van der Waals surface area contributed by atoms with Crippen molar-refractivity contribution in [3.05, 3.63) is 24.5 Å². The number of nitriles is 1. The van der Waals surface area contributed by atoms with Gasteiger partial charge in [0.1, 0.15) is 0 Å². The van der Waals surface area contributed by atoms with E-state index < -0.39 is 0 Å². The summed E-state index contributed by atoms with van der Waals surface area (Å²) in [6.45, 7) is 2.64. The number of nitrogens with zero attached hydrogens (tertiary/aromatic N) is 3. The summed E-state index contributed by atoms with van der Waals surface area (Å²) in [5, 5.41) is 14.6. The van der Waals surface area contributed by atoms with E-state index in [1.54, 1.807) is 12.4 Å². The predicted molar refractivity (Wildman–Crippen MR) is 119 cm³/mol. The van der Waals surface area contributed by atoms with Crippen LogP contribution < -0.4 is 10.6 Å². The zero-order valence-corrected chi connectivity index (χ0v) is 17.7. The minimum absolute atomic E-state index is 0.493. The summed E-state index contributed by atoms with van der Waals surface area (Å²) in [7, 11) is 0. The fraction of sp³-hybridized carbons (Fsp3) is 0.696. The zero-order valence-electron chi connectivity index (χ0n) is 17.7. The number of guanidine groups is 1. The zero-order chi connectivity index (χ0) is 20.4. The molecule has 1 aliphatic rings. The number of nitrogens with one attached hydrogen (secondary N) is 2. The third kappa shape index (κ3) is 11.5. The maximum Gasteiger partial charge on any atom is 0.209 e. The van der Waals surface area contributed by atoms with Gasteiger partial charge >= 0.3 is 0 Å². The summed E-state index contributed by atoms with van der Waals surface area (Å²) in [4.78, 5) is 8.43. The normalized spacial score (nSPS) is 15.1. The Balaban J connectivity index is 1.41. The second kappa shape index (κ2) is 15.8.